The number of nitrogens with zero attached hydrogens (tertiary/aromatic N) is 4. The number of carbonyl (C=O) groups excluding carboxylic acids is 4. The minimum atomic E-state index is -0.957. The molecule has 2 aliphatic rings. The maximum absolute atomic E-state index is 13.3. The monoisotopic (exact) mass is 620 g/mol. The van der Waals surface area contributed by atoms with Crippen molar-refractivity contribution in [3.8, 4) is 0 Å². The molecule has 0 aromatic carbocycles. The number of carbonyl (C=O) groups is 4. The van der Waals surface area contributed by atoms with E-state index < -0.39 is 47.4 Å². The normalized spacial score (nSPS) is 19.1. The van der Waals surface area contributed by atoms with Crippen LogP contribution in [0.2, 0.25) is 0 Å². The molecule has 1 saturated heterocycles. The first-order valence-electron chi connectivity index (χ1n) is 12.2. The smallest absolute Gasteiger partial charge is 0.358 e. The number of allylic oxidation sites excluding steroid dienone is 1. The van der Waals surface area contributed by atoms with Gasteiger partial charge in [-0.2, -0.15) is 0 Å². The third-order valence-corrected chi connectivity index (χ3v) is 8.72. The molecule has 0 saturated carbocycles. The summed E-state index contributed by atoms with van der Waals surface area (Å²) in [6.07, 6.45) is 3.55. The molecule has 1 fully saturated rings. The lowest BCUT2D eigenvalue weighted by Gasteiger charge is -2.49. The predicted octanol–water partition coefficient (Wildman–Crippen LogP) is 2.30. The van der Waals surface area contributed by atoms with Crippen LogP contribution in [0.15, 0.2) is 33.4 Å². The van der Waals surface area contributed by atoms with E-state index in [0.717, 1.165) is 21.9 Å². The van der Waals surface area contributed by atoms with Crippen LogP contribution in [0, 0.1) is 12.3 Å². The highest BCUT2D eigenvalue weighted by molar-refractivity contribution is 8.00. The van der Waals surface area contributed by atoms with Crippen molar-refractivity contribution >= 4 is 75.1 Å². The van der Waals surface area contributed by atoms with Gasteiger partial charge in [0.05, 0.1) is 16.6 Å². The molecule has 2 aromatic rings. The topological polar surface area (TPSA) is 175 Å². The summed E-state index contributed by atoms with van der Waals surface area (Å²) in [5.74, 6) is -2.26. The van der Waals surface area contributed by atoms with Crippen molar-refractivity contribution in [2.75, 3.05) is 25.4 Å². The maximum Gasteiger partial charge on any atom is 0.358 e. The SMILES string of the molecule is CON=C(C(=O)NC1C(=O)N2C(C(=O)OCOC(=O)C(C)(C)C)=C(C=Cc3scnc3C)CS[C@@H]12)c1csc(N)n1. The van der Waals surface area contributed by atoms with Crippen LogP contribution in [0.3, 0.4) is 0 Å². The molecule has 218 valence electrons. The molecular weight excluding hydrogens is 593 g/mol. The van der Waals surface area contributed by atoms with Gasteiger partial charge in [0.25, 0.3) is 11.8 Å². The number of aryl methyl sites for hydroxylation is 1. The van der Waals surface area contributed by atoms with E-state index in [4.69, 9.17) is 20.0 Å². The highest BCUT2D eigenvalue weighted by atomic mass is 32.2. The summed E-state index contributed by atoms with van der Waals surface area (Å²) in [7, 11) is 1.28. The van der Waals surface area contributed by atoms with E-state index in [2.05, 4.69) is 20.4 Å². The number of nitrogens with two attached hydrogens (primary N) is 1. The Morgan fingerprint density at radius 2 is 2.00 bits per heavy atom. The number of esters is 2. The molecule has 4 rings (SSSR count). The number of β-lactam (4-membered cyclic amide) rings is 1. The second-order valence-corrected chi connectivity index (χ2v) is 12.7. The molecule has 2 aromatic heterocycles. The Balaban J connectivity index is 1.55. The van der Waals surface area contributed by atoms with Crippen molar-refractivity contribution in [1.82, 2.24) is 20.2 Å². The Morgan fingerprint density at radius 1 is 1.24 bits per heavy atom. The molecule has 13 nitrogen and oxygen atoms in total. The summed E-state index contributed by atoms with van der Waals surface area (Å²) in [6.45, 7) is 6.27. The lowest BCUT2D eigenvalue weighted by atomic mass is 9.98. The van der Waals surface area contributed by atoms with E-state index in [1.807, 2.05) is 13.0 Å². The Hall–Kier alpha value is -3.76. The molecule has 1 unspecified atom stereocenters. The number of hydrogen-bond donors (Lipinski definition) is 2. The van der Waals surface area contributed by atoms with Crippen molar-refractivity contribution in [2.24, 2.45) is 10.6 Å². The van der Waals surface area contributed by atoms with E-state index in [9.17, 15) is 19.2 Å². The molecule has 0 aliphatic carbocycles. The number of thiazole rings is 2. The molecular formula is C25H28N6O7S3. The molecule has 2 aliphatic heterocycles. The highest BCUT2D eigenvalue weighted by Crippen LogP contribution is 2.41. The lowest BCUT2D eigenvalue weighted by molar-refractivity contribution is -0.173. The van der Waals surface area contributed by atoms with Gasteiger partial charge in [0.15, 0.2) is 10.8 Å². The zero-order valence-electron chi connectivity index (χ0n) is 22.8. The van der Waals surface area contributed by atoms with Crippen molar-refractivity contribution in [3.63, 3.8) is 0 Å². The van der Waals surface area contributed by atoms with Gasteiger partial charge in [-0.15, -0.1) is 34.4 Å². The van der Waals surface area contributed by atoms with E-state index in [1.165, 1.54) is 35.1 Å². The third-order valence-electron chi connectivity index (χ3n) is 5.85. The van der Waals surface area contributed by atoms with Crippen LogP contribution in [0.1, 0.15) is 37.0 Å². The van der Waals surface area contributed by atoms with Crippen LogP contribution in [0.25, 0.3) is 6.08 Å². The molecule has 2 atom stereocenters. The number of rotatable bonds is 9. The standard InChI is InChI=1S/C25H28N6O7S3/c1-12-15(41-10-27-12)7-6-13-8-39-21-17(29-19(32)16(30-36-5)14-9-40-24(26)28-14)20(33)31(21)18(13)22(34)37-11-38-23(35)25(2,3)4/h6-7,9-10,17,21H,8,11H2,1-5H3,(H2,26,28)(H,29,32)/t17?,21-/m0/s1. The molecule has 16 heteroatoms. The van der Waals surface area contributed by atoms with Gasteiger partial charge >= 0.3 is 11.9 Å². The number of amides is 2. The van der Waals surface area contributed by atoms with Crippen LogP contribution in [-0.4, -0.2) is 75.4 Å². The highest BCUT2D eigenvalue weighted by Gasteiger charge is 2.54. The quantitative estimate of drug-likeness (QED) is 0.138. The lowest BCUT2D eigenvalue weighted by Crippen LogP contribution is -2.71. The van der Waals surface area contributed by atoms with Crippen LogP contribution < -0.4 is 11.1 Å². The third kappa shape index (κ3) is 6.60. The van der Waals surface area contributed by atoms with Crippen LogP contribution in [0.4, 0.5) is 5.13 Å². The number of anilines is 1. The first-order valence-corrected chi connectivity index (χ1v) is 15.0. The molecule has 0 radical (unpaired) electrons. The molecule has 41 heavy (non-hydrogen) atoms. The second-order valence-electron chi connectivity index (χ2n) is 9.80. The Labute approximate surface area is 247 Å². The fraction of sp³-hybridized carbons (Fsp3) is 0.400. The summed E-state index contributed by atoms with van der Waals surface area (Å²) in [4.78, 5) is 67.0. The first-order chi connectivity index (χ1) is 19.4. The van der Waals surface area contributed by atoms with Crippen molar-refractivity contribution < 1.29 is 33.5 Å². The van der Waals surface area contributed by atoms with Crippen molar-refractivity contribution in [2.45, 2.75) is 39.1 Å². The van der Waals surface area contributed by atoms with E-state index >= 15 is 0 Å². The average molecular weight is 621 g/mol. The first kappa shape index (κ1) is 30.2. The molecule has 4 heterocycles. The Morgan fingerprint density at radius 3 is 2.61 bits per heavy atom. The van der Waals surface area contributed by atoms with Gasteiger partial charge in [-0.1, -0.05) is 11.2 Å². The predicted molar refractivity (Wildman–Crippen MR) is 155 cm³/mol. The van der Waals surface area contributed by atoms with E-state index in [0.29, 0.717) is 11.3 Å². The van der Waals surface area contributed by atoms with Crippen molar-refractivity contribution in [3.05, 3.63) is 44.5 Å². The van der Waals surface area contributed by atoms with Gasteiger partial charge in [0.1, 0.15) is 29.9 Å². The Kier molecular flexibility index (Phi) is 9.14. The molecule has 2 amide bonds. The molecule has 3 N–H and O–H groups in total. The summed E-state index contributed by atoms with van der Waals surface area (Å²) in [5.41, 5.74) is 8.03. The summed E-state index contributed by atoms with van der Waals surface area (Å²) in [6, 6.07) is -0.957. The summed E-state index contributed by atoms with van der Waals surface area (Å²) in [5, 5.41) is 7.59. The van der Waals surface area contributed by atoms with Gasteiger partial charge in [-0.25, -0.2) is 14.8 Å². The fourth-order valence-electron chi connectivity index (χ4n) is 3.73. The minimum absolute atomic E-state index is 0.00697. The van der Waals surface area contributed by atoms with Gasteiger partial charge in [0.2, 0.25) is 6.79 Å². The van der Waals surface area contributed by atoms with Crippen LogP contribution >= 0.6 is 34.4 Å². The summed E-state index contributed by atoms with van der Waals surface area (Å²) >= 11 is 3.92. The largest absolute Gasteiger partial charge is 0.427 e. The van der Waals surface area contributed by atoms with E-state index in [-0.39, 0.29) is 22.2 Å². The van der Waals surface area contributed by atoms with Gasteiger partial charge < -0.3 is 25.4 Å². The Bertz CT molecular complexity index is 1460. The van der Waals surface area contributed by atoms with Crippen LogP contribution in [-0.2, 0) is 33.5 Å². The number of oxime groups is 1. The molecule has 0 bridgehead atoms. The number of hydrogen-bond acceptors (Lipinski definition) is 14. The number of thioether (sulfide) groups is 1. The number of aromatic nitrogens is 2. The average Bonchev–Trinajstić information content (AvgIpc) is 3.54. The molecule has 0 spiro atoms. The number of ether oxygens (including phenoxy) is 2. The number of nitrogens with one attached hydrogen (secondary N) is 1. The fourth-order valence-corrected chi connectivity index (χ4v) is 6.29. The number of fused-ring (bicyclic) bond motifs is 1. The maximum atomic E-state index is 13.3. The number of nitrogen functional groups attached to an aromatic ring is 1. The van der Waals surface area contributed by atoms with Crippen molar-refractivity contribution in [1.29, 1.82) is 0 Å². The van der Waals surface area contributed by atoms with Gasteiger partial charge in [-0.3, -0.25) is 19.3 Å². The van der Waals surface area contributed by atoms with Gasteiger partial charge in [-0.05, 0) is 39.3 Å². The summed E-state index contributed by atoms with van der Waals surface area (Å²) < 4.78 is 10.3. The van der Waals surface area contributed by atoms with Gasteiger partial charge in [0, 0.05) is 16.0 Å². The zero-order valence-corrected chi connectivity index (χ0v) is 25.3. The van der Waals surface area contributed by atoms with Crippen LogP contribution in [0.5, 0.6) is 0 Å². The second kappa shape index (κ2) is 12.4. The zero-order chi connectivity index (χ0) is 29.9. The van der Waals surface area contributed by atoms with E-state index in [1.54, 1.807) is 37.7 Å². The minimum Gasteiger partial charge on any atom is -0.427 e.